The van der Waals surface area contributed by atoms with Gasteiger partial charge in [-0.2, -0.15) is 0 Å². The monoisotopic (exact) mass is 269 g/mol. The Morgan fingerprint density at radius 2 is 2.05 bits per heavy atom. The van der Waals surface area contributed by atoms with Gasteiger partial charge in [0.15, 0.2) is 5.96 Å². The van der Waals surface area contributed by atoms with Crippen molar-refractivity contribution in [3.8, 4) is 0 Å². The van der Waals surface area contributed by atoms with Crippen molar-refractivity contribution >= 4 is 5.96 Å². The van der Waals surface area contributed by atoms with Crippen LogP contribution in [0.4, 0.5) is 0 Å². The third-order valence-corrected chi connectivity index (χ3v) is 4.01. The topological polar surface area (TPSA) is 45.6 Å². The first-order valence-corrected chi connectivity index (χ1v) is 7.80. The van der Waals surface area contributed by atoms with Crippen molar-refractivity contribution in [2.24, 2.45) is 16.8 Å². The number of hydrogen-bond acceptors (Lipinski definition) is 2. The summed E-state index contributed by atoms with van der Waals surface area (Å²) in [6.07, 6.45) is 6.55. The molecule has 0 aliphatic heterocycles. The van der Waals surface area contributed by atoms with Crippen LogP contribution in [-0.4, -0.2) is 39.3 Å². The van der Waals surface area contributed by atoms with Gasteiger partial charge in [0.05, 0.1) is 0 Å². The van der Waals surface area contributed by atoms with E-state index < -0.39 is 0 Å². The van der Waals surface area contributed by atoms with Gasteiger partial charge < -0.3 is 15.4 Å². The average molecular weight is 269 g/mol. The molecule has 0 aromatic heterocycles. The molecule has 1 saturated carbocycles. The molecule has 0 aromatic carbocycles. The summed E-state index contributed by atoms with van der Waals surface area (Å²) in [4.78, 5) is 4.27. The van der Waals surface area contributed by atoms with Crippen molar-refractivity contribution in [2.45, 2.75) is 46.0 Å². The molecule has 112 valence electrons. The summed E-state index contributed by atoms with van der Waals surface area (Å²) in [7, 11) is 1.84. The van der Waals surface area contributed by atoms with E-state index in [1.807, 2.05) is 14.0 Å². The van der Waals surface area contributed by atoms with Gasteiger partial charge in [0.2, 0.25) is 0 Å². The Morgan fingerprint density at radius 1 is 1.26 bits per heavy atom. The lowest BCUT2D eigenvalue weighted by atomic mass is 9.80. The summed E-state index contributed by atoms with van der Waals surface area (Å²) >= 11 is 0. The molecule has 0 amide bonds. The predicted molar refractivity (Wildman–Crippen MR) is 81.6 cm³/mol. The first-order valence-electron chi connectivity index (χ1n) is 7.80. The Bertz CT molecular complexity index is 256. The molecule has 0 saturated heterocycles. The van der Waals surface area contributed by atoms with Gasteiger partial charge in [-0.3, -0.25) is 4.99 Å². The lowest BCUT2D eigenvalue weighted by Gasteiger charge is -2.29. The molecular weight excluding hydrogens is 238 g/mol. The third-order valence-electron chi connectivity index (χ3n) is 4.01. The van der Waals surface area contributed by atoms with E-state index in [9.17, 15) is 0 Å². The van der Waals surface area contributed by atoms with Gasteiger partial charge in [0.1, 0.15) is 0 Å². The number of guanidine groups is 1. The van der Waals surface area contributed by atoms with Crippen LogP contribution in [0.15, 0.2) is 4.99 Å². The van der Waals surface area contributed by atoms with E-state index in [1.165, 1.54) is 25.7 Å². The smallest absolute Gasteiger partial charge is 0.190 e. The highest BCUT2D eigenvalue weighted by atomic mass is 16.5. The van der Waals surface area contributed by atoms with E-state index in [4.69, 9.17) is 4.74 Å². The molecule has 0 aromatic rings. The fourth-order valence-electron chi connectivity index (χ4n) is 2.67. The summed E-state index contributed by atoms with van der Waals surface area (Å²) in [5.74, 6) is 2.57. The second kappa shape index (κ2) is 10.1. The maximum absolute atomic E-state index is 5.32. The zero-order valence-electron chi connectivity index (χ0n) is 12.9. The van der Waals surface area contributed by atoms with Crippen LogP contribution in [0.5, 0.6) is 0 Å². The van der Waals surface area contributed by atoms with Crippen molar-refractivity contribution in [1.29, 1.82) is 0 Å². The minimum atomic E-state index is 0.798. The Kier molecular flexibility index (Phi) is 8.63. The molecule has 0 radical (unpaired) electrons. The first-order chi connectivity index (χ1) is 9.27. The summed E-state index contributed by atoms with van der Waals surface area (Å²) in [6, 6.07) is 0. The second-order valence-electron chi connectivity index (χ2n) is 5.45. The normalized spacial score (nSPS) is 24.3. The molecule has 2 unspecified atom stereocenters. The minimum Gasteiger partial charge on any atom is -0.382 e. The zero-order chi connectivity index (χ0) is 13.9. The van der Waals surface area contributed by atoms with Crippen molar-refractivity contribution in [2.75, 3.05) is 33.4 Å². The standard InChI is InChI=1S/C15H31N3O/c1-4-19-11-7-10-17-15(16-3)18-12-14-9-6-5-8-13(14)2/h13-14H,4-12H2,1-3H3,(H2,16,17,18). The Morgan fingerprint density at radius 3 is 2.74 bits per heavy atom. The van der Waals surface area contributed by atoms with Gasteiger partial charge in [-0.15, -0.1) is 0 Å². The van der Waals surface area contributed by atoms with Crippen LogP contribution in [0.3, 0.4) is 0 Å². The molecule has 0 bridgehead atoms. The molecule has 0 spiro atoms. The lowest BCUT2D eigenvalue weighted by molar-refractivity contribution is 0.145. The van der Waals surface area contributed by atoms with Crippen LogP contribution >= 0.6 is 0 Å². The van der Waals surface area contributed by atoms with E-state index in [1.54, 1.807) is 0 Å². The molecule has 1 fully saturated rings. The number of nitrogens with one attached hydrogen (secondary N) is 2. The number of hydrogen-bond donors (Lipinski definition) is 2. The number of ether oxygens (including phenoxy) is 1. The molecule has 1 aliphatic carbocycles. The molecule has 4 nitrogen and oxygen atoms in total. The summed E-state index contributed by atoms with van der Waals surface area (Å²) in [5, 5.41) is 6.80. The number of aliphatic imine (C=N–C) groups is 1. The molecule has 0 heterocycles. The fourth-order valence-corrected chi connectivity index (χ4v) is 2.67. The molecule has 1 aliphatic rings. The summed E-state index contributed by atoms with van der Waals surface area (Å²) in [5.41, 5.74) is 0. The van der Waals surface area contributed by atoms with Gasteiger partial charge in [0, 0.05) is 33.4 Å². The maximum Gasteiger partial charge on any atom is 0.190 e. The SMILES string of the molecule is CCOCCCNC(=NC)NCC1CCCCC1C. The van der Waals surface area contributed by atoms with Crippen molar-refractivity contribution in [1.82, 2.24) is 10.6 Å². The highest BCUT2D eigenvalue weighted by Gasteiger charge is 2.21. The van der Waals surface area contributed by atoms with Gasteiger partial charge in [-0.25, -0.2) is 0 Å². The van der Waals surface area contributed by atoms with Crippen LogP contribution in [0, 0.1) is 11.8 Å². The summed E-state index contributed by atoms with van der Waals surface area (Å²) in [6.45, 7) is 7.99. The van der Waals surface area contributed by atoms with Crippen LogP contribution in [0.1, 0.15) is 46.0 Å². The van der Waals surface area contributed by atoms with Crippen LogP contribution < -0.4 is 10.6 Å². The van der Waals surface area contributed by atoms with Crippen molar-refractivity contribution in [3.63, 3.8) is 0 Å². The molecule has 2 atom stereocenters. The lowest BCUT2D eigenvalue weighted by Crippen LogP contribution is -2.41. The molecule has 19 heavy (non-hydrogen) atoms. The predicted octanol–water partition coefficient (Wildman–Crippen LogP) is 2.40. The van der Waals surface area contributed by atoms with E-state index in [0.29, 0.717) is 0 Å². The zero-order valence-corrected chi connectivity index (χ0v) is 12.9. The van der Waals surface area contributed by atoms with E-state index >= 15 is 0 Å². The Hall–Kier alpha value is -0.770. The Labute approximate surface area is 118 Å². The average Bonchev–Trinajstić information content (AvgIpc) is 2.43. The largest absolute Gasteiger partial charge is 0.382 e. The Balaban J connectivity index is 2.14. The highest BCUT2D eigenvalue weighted by Crippen LogP contribution is 2.28. The molecule has 2 N–H and O–H groups in total. The van der Waals surface area contributed by atoms with Gasteiger partial charge in [-0.05, 0) is 31.6 Å². The van der Waals surface area contributed by atoms with Gasteiger partial charge in [-0.1, -0.05) is 26.2 Å². The third kappa shape index (κ3) is 6.81. The quantitative estimate of drug-likeness (QED) is 0.424. The first kappa shape index (κ1) is 16.3. The molecular formula is C15H31N3O. The number of nitrogens with zero attached hydrogens (tertiary/aromatic N) is 1. The van der Waals surface area contributed by atoms with Crippen molar-refractivity contribution < 1.29 is 4.74 Å². The van der Waals surface area contributed by atoms with Crippen LogP contribution in [-0.2, 0) is 4.74 Å². The van der Waals surface area contributed by atoms with E-state index in [2.05, 4.69) is 22.5 Å². The fraction of sp³-hybridized carbons (Fsp3) is 0.933. The van der Waals surface area contributed by atoms with E-state index in [-0.39, 0.29) is 0 Å². The van der Waals surface area contributed by atoms with E-state index in [0.717, 1.165) is 50.5 Å². The molecule has 1 rings (SSSR count). The summed E-state index contributed by atoms with van der Waals surface area (Å²) < 4.78 is 5.32. The number of rotatable bonds is 7. The second-order valence-corrected chi connectivity index (χ2v) is 5.45. The highest BCUT2D eigenvalue weighted by molar-refractivity contribution is 5.79. The maximum atomic E-state index is 5.32. The molecule has 4 heteroatoms. The minimum absolute atomic E-state index is 0.798. The van der Waals surface area contributed by atoms with Gasteiger partial charge >= 0.3 is 0 Å². The van der Waals surface area contributed by atoms with Gasteiger partial charge in [0.25, 0.3) is 0 Å². The van der Waals surface area contributed by atoms with Crippen LogP contribution in [0.2, 0.25) is 0 Å². The van der Waals surface area contributed by atoms with Crippen LogP contribution in [0.25, 0.3) is 0 Å². The van der Waals surface area contributed by atoms with Crippen molar-refractivity contribution in [3.05, 3.63) is 0 Å².